The maximum absolute atomic E-state index is 13.1. The van der Waals surface area contributed by atoms with E-state index in [1.54, 1.807) is 0 Å². The number of nitrogens with zero attached hydrogens (tertiary/aromatic N) is 4. The molecule has 6 aromatic rings. The number of benzene rings is 2. The zero-order chi connectivity index (χ0) is 24.4. The fourth-order valence-corrected chi connectivity index (χ4v) is 4.53. The lowest BCUT2D eigenvalue weighted by molar-refractivity contribution is 0.594. The highest BCUT2D eigenvalue weighted by molar-refractivity contribution is 5.99. The first-order chi connectivity index (χ1) is 16.0. The second-order valence-corrected chi connectivity index (χ2v) is 8.07. The molecule has 0 bridgehead atoms. The minimum absolute atomic E-state index is 0.0748. The van der Waals surface area contributed by atoms with Gasteiger partial charge in [0.15, 0.2) is 0 Å². The van der Waals surface area contributed by atoms with Gasteiger partial charge in [0.1, 0.15) is 0 Å². The van der Waals surface area contributed by atoms with E-state index in [0.29, 0.717) is 9.35 Å². The molecule has 34 heavy (non-hydrogen) atoms. The topological polar surface area (TPSA) is 156 Å². The zero-order valence-electron chi connectivity index (χ0n) is 17.4. The number of hydrogen-bond donors (Lipinski definition) is 0. The molecule has 6 rings (SSSR count). The number of fused-ring (bicyclic) bond motifs is 4. The summed E-state index contributed by atoms with van der Waals surface area (Å²) in [6.45, 7) is 0. The Morgan fingerprint density at radius 2 is 0.529 bits per heavy atom. The lowest BCUT2D eigenvalue weighted by Crippen LogP contribution is -2.42. The molecule has 4 aromatic heterocycles. The Morgan fingerprint density at radius 1 is 0.353 bits per heavy atom. The van der Waals surface area contributed by atoms with Crippen LogP contribution in [0.5, 0.6) is 0 Å². The summed E-state index contributed by atoms with van der Waals surface area (Å²) in [6, 6.07) is 4.37. The first-order valence-corrected chi connectivity index (χ1v) is 9.83. The molecule has 0 fully saturated rings. The summed E-state index contributed by atoms with van der Waals surface area (Å²) in [4.78, 5) is 101. The molecule has 0 spiro atoms. The van der Waals surface area contributed by atoms with Crippen molar-refractivity contribution in [1.82, 2.24) is 18.5 Å². The van der Waals surface area contributed by atoms with Gasteiger partial charge in [-0.3, -0.25) is 47.5 Å². The monoisotopic (exact) mass is 458 g/mol. The molecule has 4 heterocycles. The van der Waals surface area contributed by atoms with Crippen LogP contribution in [0.15, 0.2) is 62.6 Å². The molecule has 12 nitrogen and oxygen atoms in total. The predicted molar refractivity (Wildman–Crippen MR) is 123 cm³/mol. The van der Waals surface area contributed by atoms with Gasteiger partial charge in [-0.05, 0) is 24.3 Å². The Balaban J connectivity index is 1.79. The molecular formula is C22H10N4O8. The lowest BCUT2D eigenvalue weighted by Gasteiger charge is -1.96. The van der Waals surface area contributed by atoms with Gasteiger partial charge in [0, 0.05) is 14.1 Å². The molecule has 0 saturated carbocycles. The van der Waals surface area contributed by atoms with Crippen LogP contribution < -0.4 is 44.5 Å². The van der Waals surface area contributed by atoms with Crippen LogP contribution in [0.3, 0.4) is 0 Å². The van der Waals surface area contributed by atoms with Gasteiger partial charge in [-0.15, -0.1) is 0 Å². The van der Waals surface area contributed by atoms with Crippen molar-refractivity contribution >= 4 is 43.1 Å². The van der Waals surface area contributed by atoms with Crippen molar-refractivity contribution in [3.05, 3.63) is 107 Å². The van der Waals surface area contributed by atoms with E-state index in [9.17, 15) is 38.4 Å². The van der Waals surface area contributed by atoms with Crippen molar-refractivity contribution in [2.75, 3.05) is 0 Å². The number of aromatic nitrogens is 4. The van der Waals surface area contributed by atoms with Gasteiger partial charge in [0.05, 0.1) is 43.1 Å². The van der Waals surface area contributed by atoms with Crippen LogP contribution in [0, 0.1) is 0 Å². The standard InChI is InChI=1S/C22H10N4O8/c1-23-15(27)7-3-11-12(4-8(7)16(23)28)20(32)25(19(11)31)26-21(33)13-5-9-10(6-14(13)22(26)34)18(30)24(2)17(9)29/h3-6H,1-2H3. The molecule has 0 atom stereocenters. The van der Waals surface area contributed by atoms with E-state index in [2.05, 4.69) is 0 Å². The van der Waals surface area contributed by atoms with Gasteiger partial charge in [0.2, 0.25) is 0 Å². The molecule has 0 aliphatic heterocycles. The molecule has 0 aliphatic carbocycles. The first-order valence-electron chi connectivity index (χ1n) is 9.83. The molecule has 0 aliphatic rings. The maximum Gasteiger partial charge on any atom is 0.281 e. The molecule has 12 heteroatoms. The average molecular weight is 458 g/mol. The molecular weight excluding hydrogens is 448 g/mol. The summed E-state index contributed by atoms with van der Waals surface area (Å²) in [6.07, 6.45) is 0. The average Bonchev–Trinajstić information content (AvgIpc) is 3.38. The minimum Gasteiger partial charge on any atom is -0.277 e. The Kier molecular flexibility index (Phi) is 3.39. The maximum atomic E-state index is 13.1. The third-order valence-corrected chi connectivity index (χ3v) is 6.35. The van der Waals surface area contributed by atoms with Crippen molar-refractivity contribution in [3.63, 3.8) is 0 Å². The molecule has 0 unspecified atom stereocenters. The fraction of sp³-hybridized carbons (Fsp3) is 0.0909. The molecule has 0 amide bonds. The summed E-state index contributed by atoms with van der Waals surface area (Å²) >= 11 is 0. The molecule has 0 N–H and O–H groups in total. The summed E-state index contributed by atoms with van der Waals surface area (Å²) in [5.41, 5.74) is -6.77. The SMILES string of the molecule is Cn1c(=O)c2cc3c(=O)n(-n4c(=O)c5cc6c(=O)n(C)c(=O)c6cc5c4=O)c(=O)c3cc2c1=O. The smallest absolute Gasteiger partial charge is 0.277 e. The second kappa shape index (κ2) is 5.86. The van der Waals surface area contributed by atoms with Crippen LogP contribution in [-0.4, -0.2) is 18.5 Å². The summed E-state index contributed by atoms with van der Waals surface area (Å²) < 4.78 is 2.36. The first kappa shape index (κ1) is 19.7. The zero-order valence-corrected chi connectivity index (χ0v) is 17.4. The van der Waals surface area contributed by atoms with Gasteiger partial charge >= 0.3 is 0 Å². The van der Waals surface area contributed by atoms with Crippen molar-refractivity contribution in [3.8, 4) is 0 Å². The van der Waals surface area contributed by atoms with Crippen molar-refractivity contribution in [2.24, 2.45) is 14.1 Å². The van der Waals surface area contributed by atoms with Gasteiger partial charge in [-0.25, -0.2) is 0 Å². The Labute approximate surface area is 183 Å². The van der Waals surface area contributed by atoms with E-state index in [0.717, 1.165) is 33.4 Å². The summed E-state index contributed by atoms with van der Waals surface area (Å²) in [5.74, 6) is 0. The third-order valence-electron chi connectivity index (χ3n) is 6.35. The van der Waals surface area contributed by atoms with Crippen molar-refractivity contribution in [2.45, 2.75) is 0 Å². The molecule has 0 radical (unpaired) electrons. The van der Waals surface area contributed by atoms with Crippen molar-refractivity contribution in [1.29, 1.82) is 0 Å². The number of rotatable bonds is 1. The lowest BCUT2D eigenvalue weighted by atomic mass is 10.1. The summed E-state index contributed by atoms with van der Waals surface area (Å²) in [7, 11) is 2.52. The largest absolute Gasteiger partial charge is 0.281 e. The van der Waals surface area contributed by atoms with Gasteiger partial charge in [-0.1, -0.05) is 0 Å². The Morgan fingerprint density at radius 3 is 0.735 bits per heavy atom. The Hall–Kier alpha value is -5.00. The Bertz CT molecular complexity index is 2040. The van der Waals surface area contributed by atoms with Gasteiger partial charge in [0.25, 0.3) is 44.5 Å². The van der Waals surface area contributed by atoms with Crippen LogP contribution in [0.4, 0.5) is 0 Å². The molecule has 2 aromatic carbocycles. The van der Waals surface area contributed by atoms with Crippen LogP contribution >= 0.6 is 0 Å². The second-order valence-electron chi connectivity index (χ2n) is 8.07. The molecule has 166 valence electrons. The molecule has 0 saturated heterocycles. The van der Waals surface area contributed by atoms with Gasteiger partial charge < -0.3 is 0 Å². The van der Waals surface area contributed by atoms with Crippen LogP contribution in [-0.2, 0) is 14.1 Å². The number of hydrogen-bond acceptors (Lipinski definition) is 8. The normalized spacial score (nSPS) is 12.2. The highest BCUT2D eigenvalue weighted by atomic mass is 16.2. The minimum atomic E-state index is -1.04. The van der Waals surface area contributed by atoms with Crippen LogP contribution in [0.1, 0.15) is 0 Å². The summed E-state index contributed by atoms with van der Waals surface area (Å²) in [5, 5.41) is -1.28. The van der Waals surface area contributed by atoms with E-state index >= 15 is 0 Å². The fourth-order valence-electron chi connectivity index (χ4n) is 4.53. The van der Waals surface area contributed by atoms with E-state index < -0.39 is 44.5 Å². The van der Waals surface area contributed by atoms with E-state index in [1.807, 2.05) is 0 Å². The van der Waals surface area contributed by atoms with Gasteiger partial charge in [-0.2, -0.15) is 9.35 Å². The van der Waals surface area contributed by atoms with Crippen molar-refractivity contribution < 1.29 is 0 Å². The van der Waals surface area contributed by atoms with Crippen LogP contribution in [0.2, 0.25) is 0 Å². The predicted octanol–water partition coefficient (Wildman–Crippen LogP) is -2.48. The van der Waals surface area contributed by atoms with E-state index in [1.165, 1.54) is 14.1 Å². The highest BCUT2D eigenvalue weighted by Gasteiger charge is 2.24. The van der Waals surface area contributed by atoms with E-state index in [4.69, 9.17) is 0 Å². The third kappa shape index (κ3) is 2.02. The van der Waals surface area contributed by atoms with E-state index in [-0.39, 0.29) is 43.1 Å². The van der Waals surface area contributed by atoms with Crippen LogP contribution in [0.25, 0.3) is 43.1 Å². The quantitative estimate of drug-likeness (QED) is 0.262. The highest BCUT2D eigenvalue weighted by Crippen LogP contribution is 2.16.